The largest absolute Gasteiger partial charge is 0.0843 e. The first-order valence-corrected chi connectivity index (χ1v) is 11.3. The number of benzene rings is 4. The highest BCUT2D eigenvalue weighted by Crippen LogP contribution is 2.45. The van der Waals surface area contributed by atoms with Crippen LogP contribution in [0.4, 0.5) is 0 Å². The molecule has 4 aromatic carbocycles. The molecule has 0 N–H and O–H groups in total. The predicted molar refractivity (Wildman–Crippen MR) is 138 cm³/mol. The molecule has 0 saturated carbocycles. The van der Waals surface area contributed by atoms with Crippen LogP contribution in [0.1, 0.15) is 22.3 Å². The first kappa shape index (κ1) is 20.6. The van der Waals surface area contributed by atoms with Gasteiger partial charge in [0.2, 0.25) is 0 Å². The van der Waals surface area contributed by atoms with Gasteiger partial charge in [0.15, 0.2) is 0 Å². The third-order valence-electron chi connectivity index (χ3n) is 5.64. The number of halogens is 2. The lowest BCUT2D eigenvalue weighted by atomic mass is 9.84. The van der Waals surface area contributed by atoms with E-state index in [1.54, 1.807) is 0 Å². The van der Waals surface area contributed by atoms with Crippen molar-refractivity contribution in [3.05, 3.63) is 159 Å². The van der Waals surface area contributed by atoms with Gasteiger partial charge in [-0.25, -0.2) is 0 Å². The highest BCUT2D eigenvalue weighted by atomic mass is 35.5. The Kier molecular flexibility index (Phi) is 5.81. The molecule has 0 bridgehead atoms. The molecule has 0 nitrogen and oxygen atoms in total. The molecule has 5 rings (SSSR count). The average Bonchev–Trinajstić information content (AvgIpc) is 3.26. The van der Waals surface area contributed by atoms with E-state index < -0.39 is 0 Å². The molecule has 32 heavy (non-hydrogen) atoms. The monoisotopic (exact) mass is 450 g/mol. The molecule has 1 aliphatic rings. The van der Waals surface area contributed by atoms with Gasteiger partial charge in [0.25, 0.3) is 0 Å². The van der Waals surface area contributed by atoms with Gasteiger partial charge in [0.1, 0.15) is 0 Å². The third kappa shape index (κ3) is 4.08. The van der Waals surface area contributed by atoms with Gasteiger partial charge in [-0.05, 0) is 68.8 Å². The molecular formula is C30H20Cl2. The van der Waals surface area contributed by atoms with Crippen LogP contribution in [0.2, 0.25) is 10.0 Å². The average molecular weight is 451 g/mol. The van der Waals surface area contributed by atoms with Crippen molar-refractivity contribution >= 4 is 39.9 Å². The van der Waals surface area contributed by atoms with E-state index in [0.29, 0.717) is 0 Å². The molecule has 0 radical (unpaired) electrons. The lowest BCUT2D eigenvalue weighted by molar-refractivity contribution is 1.50. The molecule has 0 fully saturated rings. The van der Waals surface area contributed by atoms with Gasteiger partial charge in [-0.15, -0.1) is 0 Å². The van der Waals surface area contributed by atoms with Crippen LogP contribution >= 0.6 is 23.2 Å². The summed E-state index contributed by atoms with van der Waals surface area (Å²) in [7, 11) is 0. The van der Waals surface area contributed by atoms with Gasteiger partial charge in [0.05, 0.1) is 0 Å². The zero-order valence-corrected chi connectivity index (χ0v) is 18.8. The van der Waals surface area contributed by atoms with Crippen molar-refractivity contribution in [1.82, 2.24) is 0 Å². The molecule has 2 heteroatoms. The minimum Gasteiger partial charge on any atom is -0.0843 e. The van der Waals surface area contributed by atoms with Crippen molar-refractivity contribution in [2.45, 2.75) is 0 Å². The Hall–Kier alpha value is -3.32. The summed E-state index contributed by atoms with van der Waals surface area (Å²) < 4.78 is 0. The zero-order valence-electron chi connectivity index (χ0n) is 17.3. The van der Waals surface area contributed by atoms with Crippen LogP contribution in [-0.2, 0) is 0 Å². The second kappa shape index (κ2) is 9.04. The first-order chi connectivity index (χ1) is 15.7. The maximum atomic E-state index is 6.19. The Morgan fingerprint density at radius 1 is 0.438 bits per heavy atom. The van der Waals surface area contributed by atoms with E-state index in [-0.39, 0.29) is 0 Å². The molecule has 4 aromatic rings. The molecule has 0 unspecified atom stereocenters. The smallest absolute Gasteiger partial charge is 0.0406 e. The van der Waals surface area contributed by atoms with Crippen LogP contribution in [0.3, 0.4) is 0 Å². The van der Waals surface area contributed by atoms with Crippen LogP contribution < -0.4 is 0 Å². The van der Waals surface area contributed by atoms with E-state index in [1.165, 1.54) is 33.4 Å². The summed E-state index contributed by atoms with van der Waals surface area (Å²) in [5.41, 5.74) is 9.37. The van der Waals surface area contributed by atoms with Crippen molar-refractivity contribution in [2.24, 2.45) is 0 Å². The molecule has 0 aliphatic heterocycles. The Labute approximate surface area is 198 Å². The van der Waals surface area contributed by atoms with Crippen molar-refractivity contribution in [1.29, 1.82) is 0 Å². The maximum absolute atomic E-state index is 6.19. The van der Waals surface area contributed by atoms with E-state index in [0.717, 1.165) is 21.2 Å². The number of hydrogen-bond donors (Lipinski definition) is 0. The number of rotatable bonds is 4. The Morgan fingerprint density at radius 2 is 0.812 bits per heavy atom. The predicted octanol–water partition coefficient (Wildman–Crippen LogP) is 8.98. The van der Waals surface area contributed by atoms with Crippen molar-refractivity contribution in [3.8, 4) is 0 Å². The van der Waals surface area contributed by atoms with Gasteiger partial charge in [-0.2, -0.15) is 0 Å². The van der Waals surface area contributed by atoms with E-state index in [1.807, 2.05) is 24.3 Å². The summed E-state index contributed by atoms with van der Waals surface area (Å²) >= 11 is 12.4. The second-order valence-electron chi connectivity index (χ2n) is 7.66. The molecule has 154 valence electrons. The van der Waals surface area contributed by atoms with E-state index in [9.17, 15) is 0 Å². The SMILES string of the molecule is Clc1ccc(C2=CC=C(c3ccc(Cl)cc3)C2=C(c2ccccc2)c2ccccc2)cc1. The molecule has 0 heterocycles. The fourth-order valence-electron chi connectivity index (χ4n) is 4.15. The van der Waals surface area contributed by atoms with E-state index >= 15 is 0 Å². The normalized spacial score (nSPS) is 13.0. The number of allylic oxidation sites excluding steroid dienone is 5. The summed E-state index contributed by atoms with van der Waals surface area (Å²) in [4.78, 5) is 0. The second-order valence-corrected chi connectivity index (χ2v) is 8.53. The maximum Gasteiger partial charge on any atom is 0.0406 e. The quantitative estimate of drug-likeness (QED) is 0.290. The molecule has 0 atom stereocenters. The Bertz CT molecular complexity index is 1220. The topological polar surface area (TPSA) is 0 Å². The van der Waals surface area contributed by atoms with Gasteiger partial charge in [-0.1, -0.05) is 120 Å². The fourth-order valence-corrected chi connectivity index (χ4v) is 4.40. The molecule has 0 aromatic heterocycles. The van der Waals surface area contributed by atoms with E-state index in [2.05, 4.69) is 97.1 Å². The van der Waals surface area contributed by atoms with Gasteiger partial charge in [0, 0.05) is 10.0 Å². The molecule has 0 saturated heterocycles. The van der Waals surface area contributed by atoms with Crippen LogP contribution in [0.25, 0.3) is 16.7 Å². The first-order valence-electron chi connectivity index (χ1n) is 10.5. The Balaban J connectivity index is 1.80. The molecule has 0 spiro atoms. The highest BCUT2D eigenvalue weighted by Gasteiger charge is 2.24. The third-order valence-corrected chi connectivity index (χ3v) is 6.14. The fraction of sp³-hybridized carbons (Fsp3) is 0. The summed E-state index contributed by atoms with van der Waals surface area (Å²) in [6, 6.07) is 37.3. The molecular weight excluding hydrogens is 431 g/mol. The summed E-state index contributed by atoms with van der Waals surface area (Å²) in [6.07, 6.45) is 4.41. The van der Waals surface area contributed by atoms with Gasteiger partial charge in [-0.3, -0.25) is 0 Å². The standard InChI is InChI=1S/C30H20Cl2/c31-25-15-11-21(12-16-25)27-19-20-28(22-13-17-26(32)18-14-22)30(27)29(23-7-3-1-4-8-23)24-9-5-2-6-10-24/h1-20H. The van der Waals surface area contributed by atoms with Crippen LogP contribution in [0.15, 0.2) is 127 Å². The van der Waals surface area contributed by atoms with Crippen molar-refractivity contribution < 1.29 is 0 Å². The van der Waals surface area contributed by atoms with Crippen molar-refractivity contribution in [2.75, 3.05) is 0 Å². The lowest BCUT2D eigenvalue weighted by Gasteiger charge is -2.19. The number of hydrogen-bond acceptors (Lipinski definition) is 0. The summed E-state index contributed by atoms with van der Waals surface area (Å²) in [6.45, 7) is 0. The lowest BCUT2D eigenvalue weighted by Crippen LogP contribution is -1.99. The summed E-state index contributed by atoms with van der Waals surface area (Å²) in [5, 5.41) is 1.46. The zero-order chi connectivity index (χ0) is 21.9. The Morgan fingerprint density at radius 3 is 1.19 bits per heavy atom. The van der Waals surface area contributed by atoms with Crippen LogP contribution in [0, 0.1) is 0 Å². The van der Waals surface area contributed by atoms with Crippen LogP contribution in [0.5, 0.6) is 0 Å². The minimum atomic E-state index is 0.732. The highest BCUT2D eigenvalue weighted by molar-refractivity contribution is 6.31. The van der Waals surface area contributed by atoms with Crippen molar-refractivity contribution in [3.63, 3.8) is 0 Å². The van der Waals surface area contributed by atoms with E-state index in [4.69, 9.17) is 23.2 Å². The van der Waals surface area contributed by atoms with Gasteiger partial charge < -0.3 is 0 Å². The molecule has 1 aliphatic carbocycles. The van der Waals surface area contributed by atoms with Crippen LogP contribution in [-0.4, -0.2) is 0 Å². The summed E-state index contributed by atoms with van der Waals surface area (Å²) in [5.74, 6) is 0. The molecule has 0 amide bonds. The van der Waals surface area contributed by atoms with Gasteiger partial charge >= 0.3 is 0 Å². The minimum absolute atomic E-state index is 0.732.